The molecule has 0 aliphatic carbocycles. The van der Waals surface area contributed by atoms with Gasteiger partial charge in [-0.05, 0) is 65.8 Å². The lowest BCUT2D eigenvalue weighted by atomic mass is 10.9. The molecule has 0 spiro atoms. The van der Waals surface area contributed by atoms with Crippen LogP contribution in [0.25, 0.3) is 0 Å². The van der Waals surface area contributed by atoms with E-state index in [0.717, 1.165) is 0 Å². The molecule has 6 nitrogen and oxygen atoms in total. The minimum absolute atomic E-state index is 0.0450. The van der Waals surface area contributed by atoms with E-state index < -0.39 is 43.3 Å². The Labute approximate surface area is 163 Å². The first-order valence-corrected chi connectivity index (χ1v) is 22.5. The van der Waals surface area contributed by atoms with Crippen molar-refractivity contribution in [1.29, 1.82) is 0 Å². The monoisotopic (exact) mass is 455 g/mol. The molecule has 0 saturated carbocycles. The first-order valence-electron chi connectivity index (χ1n) is 8.44. The lowest BCUT2D eigenvalue weighted by Gasteiger charge is -2.40. The quantitative estimate of drug-likeness (QED) is 0.311. The molecule has 0 saturated heterocycles. The molecule has 12 heteroatoms. The van der Waals surface area contributed by atoms with E-state index in [0.29, 0.717) is 6.61 Å². The van der Waals surface area contributed by atoms with Gasteiger partial charge in [-0.25, -0.2) is 0 Å². The molecule has 0 rings (SSSR count). The van der Waals surface area contributed by atoms with Gasteiger partial charge in [-0.2, -0.15) is 0 Å². The van der Waals surface area contributed by atoms with Crippen LogP contribution in [0.1, 0.15) is 6.92 Å². The van der Waals surface area contributed by atoms with Crippen LogP contribution in [0.5, 0.6) is 0 Å². The van der Waals surface area contributed by atoms with E-state index in [1.54, 1.807) is 5.70 Å². The summed E-state index contributed by atoms with van der Waals surface area (Å²) in [6.45, 7) is 24.9. The second-order valence-corrected chi connectivity index (χ2v) is 24.5. The van der Waals surface area contributed by atoms with Crippen LogP contribution < -0.4 is 0 Å². The van der Waals surface area contributed by atoms with Gasteiger partial charge in [-0.1, -0.05) is 5.70 Å². The highest BCUT2D eigenvalue weighted by Gasteiger charge is 2.45. The molecule has 0 bridgehead atoms. The minimum atomic E-state index is -2.54. The average molecular weight is 456 g/mol. The summed E-state index contributed by atoms with van der Waals surface area (Å²) in [5, 5.41) is 0. The van der Waals surface area contributed by atoms with E-state index in [1.165, 1.54) is 0 Å². The van der Waals surface area contributed by atoms with E-state index in [2.05, 4.69) is 45.9 Å². The Balaban J connectivity index is 4.92. The molecule has 0 aromatic heterocycles. The molecule has 1 atom stereocenters. The maximum Gasteiger partial charge on any atom is 0.423 e. The number of hydrogen-bond acceptors (Lipinski definition) is 6. The molecular formula is C13H35O6Si6. The molecule has 0 aromatic rings. The smallest absolute Gasteiger partial charge is 0.423 e. The van der Waals surface area contributed by atoms with Crippen molar-refractivity contribution in [3.05, 3.63) is 12.3 Å². The molecule has 0 aliphatic heterocycles. The van der Waals surface area contributed by atoms with Crippen LogP contribution in [0.15, 0.2) is 12.3 Å². The second-order valence-electron chi connectivity index (χ2n) is 7.35. The van der Waals surface area contributed by atoms with Crippen molar-refractivity contribution in [1.82, 2.24) is 0 Å². The van der Waals surface area contributed by atoms with Gasteiger partial charge in [0.25, 0.3) is 0 Å². The largest absolute Gasteiger partial charge is 0.437 e. The van der Waals surface area contributed by atoms with Gasteiger partial charge < -0.3 is 25.0 Å². The minimum Gasteiger partial charge on any atom is -0.437 e. The van der Waals surface area contributed by atoms with E-state index in [9.17, 15) is 0 Å². The van der Waals surface area contributed by atoms with Crippen LogP contribution in [0, 0.1) is 0 Å². The van der Waals surface area contributed by atoms with Crippen LogP contribution in [0.3, 0.4) is 0 Å². The van der Waals surface area contributed by atoms with Gasteiger partial charge in [0, 0.05) is 6.61 Å². The molecule has 147 valence electrons. The molecule has 0 fully saturated rings. The van der Waals surface area contributed by atoms with Crippen molar-refractivity contribution in [2.24, 2.45) is 0 Å². The summed E-state index contributed by atoms with van der Waals surface area (Å²) in [6.07, 6.45) is 0. The maximum atomic E-state index is 6.42. The third-order valence-corrected chi connectivity index (χ3v) is 20.9. The molecular weight excluding hydrogens is 421 g/mol. The summed E-state index contributed by atoms with van der Waals surface area (Å²) in [4.78, 5) is 0. The second kappa shape index (κ2) is 10.4. The Morgan fingerprint density at radius 1 is 0.880 bits per heavy atom. The van der Waals surface area contributed by atoms with Crippen LogP contribution >= 0.6 is 0 Å². The zero-order chi connectivity index (χ0) is 19.9. The Morgan fingerprint density at radius 3 is 1.80 bits per heavy atom. The van der Waals surface area contributed by atoms with Crippen molar-refractivity contribution in [3.8, 4) is 0 Å². The molecule has 0 aromatic carbocycles. The lowest BCUT2D eigenvalue weighted by Crippen LogP contribution is -2.58. The number of rotatable bonds is 13. The third kappa shape index (κ3) is 12.0. The predicted molar refractivity (Wildman–Crippen MR) is 115 cm³/mol. The fraction of sp³-hybridized carbons (Fsp3) is 0.846. The first-order chi connectivity index (χ1) is 11.2. The molecule has 25 heavy (non-hydrogen) atoms. The zero-order valence-electron chi connectivity index (χ0n) is 17.4. The Bertz CT molecular complexity index is 420. The van der Waals surface area contributed by atoms with Gasteiger partial charge in [-0.3, -0.25) is 0 Å². The van der Waals surface area contributed by atoms with Gasteiger partial charge in [0.2, 0.25) is 0 Å². The Morgan fingerprint density at radius 2 is 1.36 bits per heavy atom. The molecule has 0 N–H and O–H groups in total. The normalized spacial score (nSPS) is 16.1. The van der Waals surface area contributed by atoms with Gasteiger partial charge in [-0.15, -0.1) is 6.58 Å². The summed E-state index contributed by atoms with van der Waals surface area (Å²) in [7, 11) is -10.5. The highest BCUT2D eigenvalue weighted by atomic mass is 28.5. The van der Waals surface area contributed by atoms with Crippen LogP contribution in [-0.4, -0.2) is 59.9 Å². The Hall–Kier alpha value is 0.801. The van der Waals surface area contributed by atoms with Gasteiger partial charge in [0.15, 0.2) is 9.04 Å². The molecule has 1 unspecified atom stereocenters. The standard InChI is InChI=1S/C13H35O6Si6/c1-12-14-20-15-25(11,13-2)19-24(9,10)18-23(7,8)17-22(5,6)16-21(3)4/h13H,2,12H2,1,3-11H3. The fourth-order valence-electron chi connectivity index (χ4n) is 2.50. The van der Waals surface area contributed by atoms with E-state index in [1.807, 2.05) is 26.6 Å². The summed E-state index contributed by atoms with van der Waals surface area (Å²) in [5.41, 5.74) is 1.78. The maximum absolute atomic E-state index is 6.42. The van der Waals surface area contributed by atoms with E-state index in [-0.39, 0.29) is 10.0 Å². The van der Waals surface area contributed by atoms with Crippen LogP contribution in [0.4, 0.5) is 0 Å². The average Bonchev–Trinajstić information content (AvgIpc) is 2.33. The SMILES string of the molecule is C=C[Si](C)(O[Si]OCC)O[Si](C)(C)O[Si](C)(C)O[Si](C)(C)O[Si](C)C. The van der Waals surface area contributed by atoms with Gasteiger partial charge in [0.05, 0.1) is 0 Å². The van der Waals surface area contributed by atoms with Crippen LogP contribution in [-0.2, 0) is 25.0 Å². The van der Waals surface area contributed by atoms with Crippen molar-refractivity contribution in [3.63, 3.8) is 0 Å². The summed E-state index contributed by atoms with van der Waals surface area (Å²) in [5.74, 6) is 0. The molecule has 3 radical (unpaired) electrons. The van der Waals surface area contributed by atoms with E-state index in [4.69, 9.17) is 25.0 Å². The lowest BCUT2D eigenvalue weighted by molar-refractivity contribution is 0.264. The highest BCUT2D eigenvalue weighted by Crippen LogP contribution is 2.25. The Kier molecular flexibility index (Phi) is 10.7. The van der Waals surface area contributed by atoms with Gasteiger partial charge in [0.1, 0.15) is 0 Å². The van der Waals surface area contributed by atoms with Crippen molar-refractivity contribution >= 4 is 53.3 Å². The zero-order valence-corrected chi connectivity index (χ0v) is 23.4. The number of hydrogen-bond donors (Lipinski definition) is 0. The fourth-order valence-corrected chi connectivity index (χ4v) is 23.7. The molecule has 0 heterocycles. The topological polar surface area (TPSA) is 55.4 Å². The van der Waals surface area contributed by atoms with Crippen LogP contribution in [0.2, 0.25) is 58.9 Å². The molecule has 0 amide bonds. The predicted octanol–water partition coefficient (Wildman–Crippen LogP) is 3.79. The first kappa shape index (κ1) is 25.8. The summed E-state index contributed by atoms with van der Waals surface area (Å²) >= 11 is 0. The van der Waals surface area contributed by atoms with Gasteiger partial charge >= 0.3 is 44.3 Å². The van der Waals surface area contributed by atoms with E-state index >= 15 is 0 Å². The molecule has 0 aliphatic rings. The third-order valence-electron chi connectivity index (χ3n) is 2.70. The van der Waals surface area contributed by atoms with Crippen molar-refractivity contribution in [2.75, 3.05) is 6.61 Å². The highest BCUT2D eigenvalue weighted by molar-refractivity contribution is 6.89. The van der Waals surface area contributed by atoms with Crippen molar-refractivity contribution < 1.29 is 25.0 Å². The summed E-state index contributed by atoms with van der Waals surface area (Å²) < 4.78 is 36.3. The van der Waals surface area contributed by atoms with Crippen molar-refractivity contribution in [2.45, 2.75) is 65.8 Å². The summed E-state index contributed by atoms with van der Waals surface area (Å²) in [6, 6.07) is 0.